The van der Waals surface area contributed by atoms with E-state index in [1.165, 1.54) is 7.05 Å². The molecule has 0 bridgehead atoms. The van der Waals surface area contributed by atoms with Crippen LogP contribution in [0.4, 0.5) is 10.5 Å². The van der Waals surface area contributed by atoms with E-state index < -0.39 is 5.97 Å². The van der Waals surface area contributed by atoms with Crippen molar-refractivity contribution in [2.24, 2.45) is 0 Å². The van der Waals surface area contributed by atoms with E-state index in [9.17, 15) is 9.59 Å². The van der Waals surface area contributed by atoms with E-state index in [4.69, 9.17) is 16.4 Å². The van der Waals surface area contributed by atoms with E-state index in [1.54, 1.807) is 29.2 Å². The van der Waals surface area contributed by atoms with Gasteiger partial charge in [-0.2, -0.15) is 10.6 Å². The molecule has 2 amide bonds. The van der Waals surface area contributed by atoms with Gasteiger partial charge in [-0.3, -0.25) is 5.10 Å². The highest BCUT2D eigenvalue weighted by atomic mass is 35.5. The lowest BCUT2D eigenvalue weighted by atomic mass is 10.1. The molecule has 1 aromatic heterocycles. The summed E-state index contributed by atoms with van der Waals surface area (Å²) in [6, 6.07) is 6.65. The van der Waals surface area contributed by atoms with E-state index in [0.29, 0.717) is 29.2 Å². The number of fused-ring (bicyclic) bond motifs is 1. The summed E-state index contributed by atoms with van der Waals surface area (Å²) in [5.41, 5.74) is 4.62. The van der Waals surface area contributed by atoms with Crippen molar-refractivity contribution in [3.05, 3.63) is 46.2 Å². The largest absolute Gasteiger partial charge is 0.377 e. The minimum atomic E-state index is -0.591. The van der Waals surface area contributed by atoms with Gasteiger partial charge in [0, 0.05) is 42.0 Å². The minimum absolute atomic E-state index is 0.180. The summed E-state index contributed by atoms with van der Waals surface area (Å²) in [6.07, 6.45) is 0.581. The van der Waals surface area contributed by atoms with Crippen molar-refractivity contribution in [1.29, 1.82) is 0 Å². The van der Waals surface area contributed by atoms with Crippen LogP contribution in [0.5, 0.6) is 0 Å². The van der Waals surface area contributed by atoms with Gasteiger partial charge in [0.25, 0.3) is 0 Å². The molecule has 8 nitrogen and oxygen atoms in total. The highest BCUT2D eigenvalue weighted by molar-refractivity contribution is 6.30. The van der Waals surface area contributed by atoms with Crippen LogP contribution in [-0.2, 0) is 17.8 Å². The van der Waals surface area contributed by atoms with Gasteiger partial charge in [-0.25, -0.2) is 9.59 Å². The first-order chi connectivity index (χ1) is 11.6. The van der Waals surface area contributed by atoms with E-state index in [1.807, 2.05) is 0 Å². The summed E-state index contributed by atoms with van der Waals surface area (Å²) in [5, 5.41) is 10.2. The number of aromatic amines is 1. The maximum atomic E-state index is 12.4. The zero-order chi connectivity index (χ0) is 17.1. The molecule has 0 saturated heterocycles. The van der Waals surface area contributed by atoms with E-state index >= 15 is 0 Å². The average Bonchev–Trinajstić information content (AvgIpc) is 2.98. The predicted octanol–water partition coefficient (Wildman–Crippen LogP) is 1.94. The zero-order valence-electron chi connectivity index (χ0n) is 12.9. The van der Waals surface area contributed by atoms with E-state index in [-0.39, 0.29) is 18.3 Å². The number of urea groups is 1. The molecule has 2 aromatic rings. The van der Waals surface area contributed by atoms with Gasteiger partial charge in [-0.05, 0) is 18.2 Å². The molecule has 0 spiro atoms. The highest BCUT2D eigenvalue weighted by Gasteiger charge is 2.28. The van der Waals surface area contributed by atoms with Crippen LogP contribution in [0.2, 0.25) is 5.02 Å². The standard InChI is InChI=1S/C15H16ClN5O3/c1-17-24-14(22)13-11-8-21(6-5-12(11)19-20-13)15(23)18-10-4-2-3-9(16)7-10/h2-4,7,17H,5-6,8H2,1H3,(H,18,23)(H,19,20). The van der Waals surface area contributed by atoms with Crippen LogP contribution in [0.1, 0.15) is 21.7 Å². The fraction of sp³-hybridized carbons (Fsp3) is 0.267. The van der Waals surface area contributed by atoms with Gasteiger partial charge in [-0.1, -0.05) is 17.7 Å². The van der Waals surface area contributed by atoms with Gasteiger partial charge in [0.05, 0.1) is 6.54 Å². The van der Waals surface area contributed by atoms with Crippen LogP contribution < -0.4 is 10.8 Å². The molecule has 3 rings (SSSR count). The number of hydrogen-bond donors (Lipinski definition) is 3. The van der Waals surface area contributed by atoms with Crippen LogP contribution in [0, 0.1) is 0 Å². The molecule has 9 heteroatoms. The molecule has 126 valence electrons. The molecule has 0 saturated carbocycles. The van der Waals surface area contributed by atoms with Gasteiger partial charge in [-0.15, -0.1) is 0 Å². The van der Waals surface area contributed by atoms with Gasteiger partial charge < -0.3 is 15.1 Å². The summed E-state index contributed by atoms with van der Waals surface area (Å²) in [4.78, 5) is 30.7. The zero-order valence-corrected chi connectivity index (χ0v) is 13.7. The topological polar surface area (TPSA) is 99.3 Å². The Morgan fingerprint density at radius 3 is 3.00 bits per heavy atom. The van der Waals surface area contributed by atoms with Crippen molar-refractivity contribution in [3.63, 3.8) is 0 Å². The number of amides is 2. The molecule has 0 unspecified atom stereocenters. The molecule has 0 fully saturated rings. The maximum absolute atomic E-state index is 12.4. The number of H-pyrrole nitrogens is 1. The van der Waals surface area contributed by atoms with E-state index in [0.717, 1.165) is 5.69 Å². The fourth-order valence-electron chi connectivity index (χ4n) is 2.55. The molecule has 1 aliphatic rings. The van der Waals surface area contributed by atoms with Crippen molar-refractivity contribution in [1.82, 2.24) is 20.6 Å². The van der Waals surface area contributed by atoms with Crippen LogP contribution in [0.3, 0.4) is 0 Å². The Hall–Kier alpha value is -2.58. The number of hydrogen-bond acceptors (Lipinski definition) is 5. The fourth-order valence-corrected chi connectivity index (χ4v) is 2.74. The van der Waals surface area contributed by atoms with Gasteiger partial charge in [0.15, 0.2) is 5.69 Å². The third kappa shape index (κ3) is 3.34. The Morgan fingerprint density at radius 2 is 2.25 bits per heavy atom. The first-order valence-corrected chi connectivity index (χ1v) is 7.72. The number of carbonyl (C=O) groups is 2. The molecule has 1 aromatic carbocycles. The van der Waals surface area contributed by atoms with E-state index in [2.05, 4.69) is 21.0 Å². The Bertz CT molecular complexity index is 776. The molecule has 1 aliphatic heterocycles. The van der Waals surface area contributed by atoms with Gasteiger partial charge in [0.2, 0.25) is 0 Å². The van der Waals surface area contributed by atoms with Gasteiger partial charge in [0.1, 0.15) is 0 Å². The molecule has 0 atom stereocenters. The smallest absolute Gasteiger partial charge is 0.366 e. The number of nitrogens with one attached hydrogen (secondary N) is 3. The lowest BCUT2D eigenvalue weighted by Crippen LogP contribution is -2.39. The van der Waals surface area contributed by atoms with Crippen molar-refractivity contribution < 1.29 is 14.4 Å². The molecule has 3 N–H and O–H groups in total. The number of nitrogens with zero attached hydrogens (tertiary/aromatic N) is 2. The summed E-state index contributed by atoms with van der Waals surface area (Å²) in [7, 11) is 1.49. The van der Waals surface area contributed by atoms with Crippen molar-refractivity contribution in [3.8, 4) is 0 Å². The Kier molecular flexibility index (Phi) is 4.68. The monoisotopic (exact) mass is 349 g/mol. The first-order valence-electron chi connectivity index (χ1n) is 7.34. The quantitative estimate of drug-likeness (QED) is 0.735. The summed E-state index contributed by atoms with van der Waals surface area (Å²) in [6.45, 7) is 0.786. The number of benzene rings is 1. The lowest BCUT2D eigenvalue weighted by molar-refractivity contribution is 0.0300. The second-order valence-electron chi connectivity index (χ2n) is 5.24. The molecular formula is C15H16ClN5O3. The number of carbonyl (C=O) groups excluding carboxylic acids is 2. The van der Waals surface area contributed by atoms with Gasteiger partial charge >= 0.3 is 12.0 Å². The molecule has 24 heavy (non-hydrogen) atoms. The van der Waals surface area contributed by atoms with Crippen molar-refractivity contribution in [2.75, 3.05) is 18.9 Å². The second kappa shape index (κ2) is 6.90. The molecule has 0 radical (unpaired) electrons. The Balaban J connectivity index is 1.73. The summed E-state index contributed by atoms with van der Waals surface area (Å²) < 4.78 is 0. The minimum Gasteiger partial charge on any atom is -0.366 e. The molecule has 0 aliphatic carbocycles. The van der Waals surface area contributed by atoms with Crippen LogP contribution in [0.25, 0.3) is 0 Å². The van der Waals surface area contributed by atoms with Crippen LogP contribution in [0.15, 0.2) is 24.3 Å². The van der Waals surface area contributed by atoms with Crippen LogP contribution in [-0.4, -0.2) is 40.7 Å². The highest BCUT2D eigenvalue weighted by Crippen LogP contribution is 2.22. The maximum Gasteiger partial charge on any atom is 0.377 e. The molecular weight excluding hydrogens is 334 g/mol. The number of halogens is 1. The summed E-state index contributed by atoms with van der Waals surface area (Å²) >= 11 is 5.92. The summed E-state index contributed by atoms with van der Waals surface area (Å²) in [5.74, 6) is -0.591. The van der Waals surface area contributed by atoms with Crippen molar-refractivity contribution >= 4 is 29.3 Å². The third-order valence-electron chi connectivity index (χ3n) is 3.68. The Labute approximate surface area is 143 Å². The first kappa shape index (κ1) is 16.3. The van der Waals surface area contributed by atoms with Crippen LogP contribution >= 0.6 is 11.6 Å². The van der Waals surface area contributed by atoms with Crippen molar-refractivity contribution in [2.45, 2.75) is 13.0 Å². The second-order valence-corrected chi connectivity index (χ2v) is 5.67. The SMILES string of the molecule is CNOC(=O)c1n[nH]c2c1CN(C(=O)Nc1cccc(Cl)c1)CC2. The number of rotatable bonds is 3. The average molecular weight is 350 g/mol. The number of anilines is 1. The number of aromatic nitrogens is 2. The third-order valence-corrected chi connectivity index (χ3v) is 3.92. The molecule has 2 heterocycles. The lowest BCUT2D eigenvalue weighted by Gasteiger charge is -2.27. The predicted molar refractivity (Wildman–Crippen MR) is 87.6 cm³/mol. The normalized spacial score (nSPS) is 13.3. The number of hydroxylamine groups is 1. The Morgan fingerprint density at radius 1 is 1.42 bits per heavy atom.